The Hall–Kier alpha value is -1.26. The Morgan fingerprint density at radius 1 is 1.21 bits per heavy atom. The van der Waals surface area contributed by atoms with Gasteiger partial charge in [0, 0.05) is 5.56 Å². The normalized spacial score (nSPS) is 11.0. The molecule has 0 heterocycles. The predicted molar refractivity (Wildman–Crippen MR) is 60.7 cm³/mol. The second kappa shape index (κ2) is 4.30. The van der Waals surface area contributed by atoms with Gasteiger partial charge in [0.2, 0.25) is 0 Å². The highest BCUT2D eigenvalue weighted by molar-refractivity contribution is 5.20. The maximum atomic E-state index is 5.33. The van der Waals surface area contributed by atoms with Crippen LogP contribution in [0.4, 0.5) is 0 Å². The molecule has 0 aliphatic heterocycles. The number of benzene rings is 1. The number of aryl methyl sites for hydroxylation is 1. The summed E-state index contributed by atoms with van der Waals surface area (Å²) in [5, 5.41) is 0. The first-order chi connectivity index (χ1) is 6.53. The fourth-order valence-corrected chi connectivity index (χ4v) is 1.49. The highest BCUT2D eigenvalue weighted by Crippen LogP contribution is 2.09. The second-order valence-electron chi connectivity index (χ2n) is 4.44. The van der Waals surface area contributed by atoms with Crippen molar-refractivity contribution in [2.24, 2.45) is 0 Å². The Bertz CT molecular complexity index is 327. The molecule has 1 rings (SSSR count). The second-order valence-corrected chi connectivity index (χ2v) is 4.44. The standard InChI is InChI=1S/C13H18N/c1-5-10-14(3,4)11-13-8-6-12(2)7-9-13/h1,6-9H,10-11H2,2-4H3/q+1. The van der Waals surface area contributed by atoms with E-state index < -0.39 is 0 Å². The van der Waals surface area contributed by atoms with Crippen LogP contribution >= 0.6 is 0 Å². The van der Waals surface area contributed by atoms with E-state index in [9.17, 15) is 0 Å². The van der Waals surface area contributed by atoms with Crippen molar-refractivity contribution in [1.82, 2.24) is 0 Å². The first-order valence-corrected chi connectivity index (χ1v) is 4.84. The lowest BCUT2D eigenvalue weighted by atomic mass is 10.1. The van der Waals surface area contributed by atoms with Crippen molar-refractivity contribution >= 4 is 0 Å². The van der Waals surface area contributed by atoms with Crippen LogP contribution in [0.2, 0.25) is 0 Å². The van der Waals surface area contributed by atoms with Gasteiger partial charge in [0.15, 0.2) is 0 Å². The Kier molecular flexibility index (Phi) is 3.33. The zero-order valence-corrected chi connectivity index (χ0v) is 9.25. The van der Waals surface area contributed by atoms with Crippen molar-refractivity contribution in [3.8, 4) is 12.3 Å². The third-order valence-corrected chi connectivity index (χ3v) is 2.25. The molecule has 0 unspecified atom stereocenters. The van der Waals surface area contributed by atoms with Crippen LogP contribution in [0.1, 0.15) is 11.1 Å². The molecule has 0 bridgehead atoms. The van der Waals surface area contributed by atoms with Gasteiger partial charge in [-0.2, -0.15) is 0 Å². The summed E-state index contributed by atoms with van der Waals surface area (Å²) in [5.41, 5.74) is 2.65. The number of quaternary nitrogens is 1. The van der Waals surface area contributed by atoms with Crippen LogP contribution in [0.25, 0.3) is 0 Å². The molecule has 0 amide bonds. The van der Waals surface area contributed by atoms with E-state index in [1.54, 1.807) is 0 Å². The van der Waals surface area contributed by atoms with Gasteiger partial charge in [0.1, 0.15) is 13.1 Å². The van der Waals surface area contributed by atoms with Gasteiger partial charge in [-0.3, -0.25) is 0 Å². The van der Waals surface area contributed by atoms with E-state index in [1.165, 1.54) is 11.1 Å². The van der Waals surface area contributed by atoms with Crippen LogP contribution in [-0.2, 0) is 6.54 Å². The summed E-state index contributed by atoms with van der Waals surface area (Å²) in [6, 6.07) is 8.63. The molecule has 74 valence electrons. The number of rotatable bonds is 3. The van der Waals surface area contributed by atoms with Crippen LogP contribution in [-0.4, -0.2) is 25.1 Å². The van der Waals surface area contributed by atoms with E-state index in [2.05, 4.69) is 51.2 Å². The van der Waals surface area contributed by atoms with Crippen LogP contribution in [0.5, 0.6) is 0 Å². The zero-order chi connectivity index (χ0) is 10.6. The van der Waals surface area contributed by atoms with Gasteiger partial charge in [-0.05, 0) is 12.8 Å². The summed E-state index contributed by atoms with van der Waals surface area (Å²) in [7, 11) is 4.30. The van der Waals surface area contributed by atoms with Gasteiger partial charge in [-0.25, -0.2) is 0 Å². The largest absolute Gasteiger partial charge is 0.315 e. The monoisotopic (exact) mass is 188 g/mol. The Labute approximate surface area is 87.0 Å². The number of nitrogens with zero attached hydrogens (tertiary/aromatic N) is 1. The summed E-state index contributed by atoms with van der Waals surface area (Å²) in [6.07, 6.45) is 5.33. The molecule has 0 saturated heterocycles. The molecule has 0 saturated carbocycles. The fraction of sp³-hybridized carbons (Fsp3) is 0.385. The van der Waals surface area contributed by atoms with Crippen LogP contribution in [0, 0.1) is 19.3 Å². The van der Waals surface area contributed by atoms with Crippen molar-refractivity contribution in [2.75, 3.05) is 20.6 Å². The first kappa shape index (κ1) is 10.8. The molecule has 1 aromatic rings. The van der Waals surface area contributed by atoms with Crippen molar-refractivity contribution in [3.05, 3.63) is 35.4 Å². The molecule has 1 heteroatoms. The first-order valence-electron chi connectivity index (χ1n) is 4.84. The molecule has 0 radical (unpaired) electrons. The minimum Gasteiger partial charge on any atom is -0.315 e. The maximum absolute atomic E-state index is 5.33. The van der Waals surface area contributed by atoms with Crippen LogP contribution in [0.15, 0.2) is 24.3 Å². The average Bonchev–Trinajstić information content (AvgIpc) is 2.08. The van der Waals surface area contributed by atoms with Crippen molar-refractivity contribution in [3.63, 3.8) is 0 Å². The van der Waals surface area contributed by atoms with E-state index in [0.717, 1.165) is 17.6 Å². The number of hydrogen-bond donors (Lipinski definition) is 0. The SMILES string of the molecule is C#CC[N+](C)(C)Cc1ccc(C)cc1. The molecule has 0 spiro atoms. The summed E-state index contributed by atoms with van der Waals surface area (Å²) < 4.78 is 0.847. The minimum absolute atomic E-state index is 0.772. The quantitative estimate of drug-likeness (QED) is 0.504. The molecular formula is C13H18N+. The lowest BCUT2D eigenvalue weighted by Gasteiger charge is -2.27. The van der Waals surface area contributed by atoms with E-state index in [-0.39, 0.29) is 0 Å². The van der Waals surface area contributed by atoms with Gasteiger partial charge in [0.05, 0.1) is 14.1 Å². The van der Waals surface area contributed by atoms with Gasteiger partial charge >= 0.3 is 0 Å². The van der Waals surface area contributed by atoms with E-state index in [0.29, 0.717) is 0 Å². The molecule has 0 aromatic heterocycles. The Morgan fingerprint density at radius 3 is 2.29 bits per heavy atom. The van der Waals surface area contributed by atoms with Gasteiger partial charge in [0.25, 0.3) is 0 Å². The average molecular weight is 188 g/mol. The number of hydrogen-bond acceptors (Lipinski definition) is 0. The smallest absolute Gasteiger partial charge is 0.140 e. The fourth-order valence-electron chi connectivity index (χ4n) is 1.49. The molecular weight excluding hydrogens is 170 g/mol. The molecule has 14 heavy (non-hydrogen) atoms. The van der Waals surface area contributed by atoms with Gasteiger partial charge in [-0.1, -0.05) is 29.8 Å². The highest BCUT2D eigenvalue weighted by atomic mass is 15.3. The van der Waals surface area contributed by atoms with Crippen molar-refractivity contribution in [1.29, 1.82) is 0 Å². The lowest BCUT2D eigenvalue weighted by molar-refractivity contribution is -0.896. The Balaban J connectivity index is 2.69. The summed E-state index contributed by atoms with van der Waals surface area (Å²) in [4.78, 5) is 0. The molecule has 0 aliphatic rings. The molecule has 0 atom stereocenters. The summed E-state index contributed by atoms with van der Waals surface area (Å²) >= 11 is 0. The molecule has 1 nitrogen and oxygen atoms in total. The van der Waals surface area contributed by atoms with E-state index in [1.807, 2.05) is 0 Å². The van der Waals surface area contributed by atoms with E-state index in [4.69, 9.17) is 6.42 Å². The molecule has 0 N–H and O–H groups in total. The molecule has 1 aromatic carbocycles. The third-order valence-electron chi connectivity index (χ3n) is 2.25. The third kappa shape index (κ3) is 3.24. The summed E-state index contributed by atoms with van der Waals surface area (Å²) in [5.74, 6) is 2.71. The van der Waals surface area contributed by atoms with Crippen LogP contribution < -0.4 is 0 Å². The minimum atomic E-state index is 0.772. The maximum Gasteiger partial charge on any atom is 0.140 e. The van der Waals surface area contributed by atoms with Crippen LogP contribution in [0.3, 0.4) is 0 Å². The lowest BCUT2D eigenvalue weighted by Crippen LogP contribution is -2.38. The Morgan fingerprint density at radius 2 is 1.79 bits per heavy atom. The predicted octanol–water partition coefficient (Wildman–Crippen LogP) is 2.20. The van der Waals surface area contributed by atoms with E-state index >= 15 is 0 Å². The number of terminal acetylenes is 1. The summed E-state index contributed by atoms with van der Waals surface area (Å²) in [6.45, 7) is 3.86. The highest BCUT2D eigenvalue weighted by Gasteiger charge is 2.13. The van der Waals surface area contributed by atoms with Crippen molar-refractivity contribution in [2.45, 2.75) is 13.5 Å². The molecule has 0 aliphatic carbocycles. The molecule has 0 fully saturated rings. The zero-order valence-electron chi connectivity index (χ0n) is 9.25. The van der Waals surface area contributed by atoms with Gasteiger partial charge < -0.3 is 4.48 Å². The van der Waals surface area contributed by atoms with Crippen molar-refractivity contribution < 1.29 is 4.48 Å². The topological polar surface area (TPSA) is 0 Å². The van der Waals surface area contributed by atoms with Gasteiger partial charge in [-0.15, -0.1) is 6.42 Å².